The van der Waals surface area contributed by atoms with Crippen molar-refractivity contribution in [2.75, 3.05) is 50.1 Å². The minimum absolute atomic E-state index is 0.860. The smallest absolute Gasteiger partial charge is 0.142 e. The predicted octanol–water partition coefficient (Wildman–Crippen LogP) is 2.74. The van der Waals surface area contributed by atoms with Crippen molar-refractivity contribution in [3.63, 3.8) is 0 Å². The van der Waals surface area contributed by atoms with E-state index in [1.54, 1.807) is 7.11 Å². The third-order valence-corrected chi connectivity index (χ3v) is 4.37. The Balaban J connectivity index is 1.70. The summed E-state index contributed by atoms with van der Waals surface area (Å²) >= 11 is 0. The summed E-state index contributed by atoms with van der Waals surface area (Å²) in [6, 6.07) is 17.1. The molecule has 0 unspecified atom stereocenters. The number of anilines is 2. The van der Waals surface area contributed by atoms with Crippen LogP contribution in [0.2, 0.25) is 0 Å². The van der Waals surface area contributed by atoms with Crippen molar-refractivity contribution in [3.05, 3.63) is 54.1 Å². The summed E-state index contributed by atoms with van der Waals surface area (Å²) in [5, 5.41) is 3.18. The molecular weight excluding hydrogens is 286 g/mol. The van der Waals surface area contributed by atoms with Crippen molar-refractivity contribution in [2.24, 2.45) is 0 Å². The number of benzene rings is 2. The standard InChI is InChI=1S/C19H25N3O/c1-20-15-16-8-9-18(19(14-16)23-2)22-12-10-21(11-13-22)17-6-4-3-5-7-17/h3-9,14,20H,10-13,15H2,1-2H3. The second-order valence-corrected chi connectivity index (χ2v) is 5.85. The number of methoxy groups -OCH3 is 1. The summed E-state index contributed by atoms with van der Waals surface area (Å²) in [4.78, 5) is 4.86. The van der Waals surface area contributed by atoms with Crippen LogP contribution in [0, 0.1) is 0 Å². The van der Waals surface area contributed by atoms with E-state index in [0.29, 0.717) is 0 Å². The van der Waals surface area contributed by atoms with Crippen LogP contribution >= 0.6 is 0 Å². The molecule has 0 aromatic heterocycles. The van der Waals surface area contributed by atoms with E-state index in [9.17, 15) is 0 Å². The van der Waals surface area contributed by atoms with Crippen molar-refractivity contribution in [3.8, 4) is 5.75 Å². The molecular formula is C19H25N3O. The van der Waals surface area contributed by atoms with Gasteiger partial charge in [-0.15, -0.1) is 0 Å². The van der Waals surface area contributed by atoms with Crippen LogP contribution in [0.15, 0.2) is 48.5 Å². The van der Waals surface area contributed by atoms with Crippen LogP contribution in [0.5, 0.6) is 5.75 Å². The van der Waals surface area contributed by atoms with Crippen LogP contribution in [0.1, 0.15) is 5.56 Å². The van der Waals surface area contributed by atoms with E-state index in [4.69, 9.17) is 4.74 Å². The number of rotatable bonds is 5. The molecule has 1 fully saturated rings. The summed E-state index contributed by atoms with van der Waals surface area (Å²) in [6.07, 6.45) is 0. The van der Waals surface area contributed by atoms with Gasteiger partial charge in [-0.25, -0.2) is 0 Å². The van der Waals surface area contributed by atoms with E-state index in [0.717, 1.165) is 38.5 Å². The van der Waals surface area contributed by atoms with E-state index in [-0.39, 0.29) is 0 Å². The first-order valence-electron chi connectivity index (χ1n) is 8.18. The van der Waals surface area contributed by atoms with Gasteiger partial charge < -0.3 is 19.9 Å². The molecule has 122 valence electrons. The van der Waals surface area contributed by atoms with Crippen LogP contribution < -0.4 is 19.9 Å². The lowest BCUT2D eigenvalue weighted by Gasteiger charge is -2.38. The van der Waals surface area contributed by atoms with Gasteiger partial charge in [0.05, 0.1) is 12.8 Å². The molecule has 1 aliphatic rings. The Labute approximate surface area is 138 Å². The first kappa shape index (κ1) is 15.7. The molecule has 1 N–H and O–H groups in total. The summed E-state index contributed by atoms with van der Waals surface area (Å²) < 4.78 is 5.61. The first-order valence-corrected chi connectivity index (χ1v) is 8.18. The van der Waals surface area contributed by atoms with Gasteiger partial charge in [0.25, 0.3) is 0 Å². The van der Waals surface area contributed by atoms with E-state index in [1.807, 2.05) is 7.05 Å². The fraction of sp³-hybridized carbons (Fsp3) is 0.368. The molecule has 4 nitrogen and oxygen atoms in total. The Kier molecular flexibility index (Phi) is 5.03. The topological polar surface area (TPSA) is 27.7 Å². The van der Waals surface area contributed by atoms with E-state index in [2.05, 4.69) is 63.6 Å². The predicted molar refractivity (Wildman–Crippen MR) is 96.6 cm³/mol. The third-order valence-electron chi connectivity index (χ3n) is 4.37. The average Bonchev–Trinajstić information content (AvgIpc) is 2.63. The molecule has 0 amide bonds. The lowest BCUT2D eigenvalue weighted by atomic mass is 10.1. The number of piperazine rings is 1. The normalized spacial score (nSPS) is 14.9. The molecule has 0 radical (unpaired) electrons. The van der Waals surface area contributed by atoms with Gasteiger partial charge in [0, 0.05) is 38.4 Å². The molecule has 1 heterocycles. The molecule has 0 spiro atoms. The fourth-order valence-electron chi connectivity index (χ4n) is 3.14. The van der Waals surface area contributed by atoms with Gasteiger partial charge in [-0.2, -0.15) is 0 Å². The van der Waals surface area contributed by atoms with Crippen molar-refractivity contribution in [2.45, 2.75) is 6.54 Å². The van der Waals surface area contributed by atoms with Crippen molar-refractivity contribution in [1.29, 1.82) is 0 Å². The van der Waals surface area contributed by atoms with E-state index < -0.39 is 0 Å². The second kappa shape index (κ2) is 7.38. The van der Waals surface area contributed by atoms with Crippen LogP contribution in [0.4, 0.5) is 11.4 Å². The molecule has 2 aromatic carbocycles. The monoisotopic (exact) mass is 311 g/mol. The molecule has 1 aliphatic heterocycles. The van der Waals surface area contributed by atoms with Crippen LogP contribution in [-0.4, -0.2) is 40.3 Å². The summed E-state index contributed by atoms with van der Waals surface area (Å²) in [7, 11) is 3.71. The van der Waals surface area contributed by atoms with Gasteiger partial charge in [0.2, 0.25) is 0 Å². The lowest BCUT2D eigenvalue weighted by Crippen LogP contribution is -2.46. The number of para-hydroxylation sites is 1. The number of nitrogens with zero attached hydrogens (tertiary/aromatic N) is 2. The highest BCUT2D eigenvalue weighted by molar-refractivity contribution is 5.61. The van der Waals surface area contributed by atoms with Crippen molar-refractivity contribution < 1.29 is 4.74 Å². The molecule has 23 heavy (non-hydrogen) atoms. The minimum atomic E-state index is 0.860. The van der Waals surface area contributed by atoms with Crippen LogP contribution in [0.3, 0.4) is 0 Å². The molecule has 0 saturated carbocycles. The fourth-order valence-corrected chi connectivity index (χ4v) is 3.14. The Morgan fingerprint density at radius 3 is 2.30 bits per heavy atom. The van der Waals surface area contributed by atoms with Crippen molar-refractivity contribution >= 4 is 11.4 Å². The zero-order chi connectivity index (χ0) is 16.1. The van der Waals surface area contributed by atoms with Gasteiger partial charge in [0.1, 0.15) is 5.75 Å². The van der Waals surface area contributed by atoms with Gasteiger partial charge in [-0.3, -0.25) is 0 Å². The highest BCUT2D eigenvalue weighted by atomic mass is 16.5. The van der Waals surface area contributed by atoms with Crippen molar-refractivity contribution in [1.82, 2.24) is 5.32 Å². The lowest BCUT2D eigenvalue weighted by molar-refractivity contribution is 0.413. The maximum absolute atomic E-state index is 5.61. The molecule has 0 aliphatic carbocycles. The Morgan fingerprint density at radius 1 is 0.957 bits per heavy atom. The highest BCUT2D eigenvalue weighted by Gasteiger charge is 2.20. The minimum Gasteiger partial charge on any atom is -0.495 e. The van der Waals surface area contributed by atoms with Gasteiger partial charge in [-0.1, -0.05) is 24.3 Å². The SMILES string of the molecule is CNCc1ccc(N2CCN(c3ccccc3)CC2)c(OC)c1. The average molecular weight is 311 g/mol. The van der Waals surface area contributed by atoms with E-state index >= 15 is 0 Å². The first-order chi connectivity index (χ1) is 11.3. The highest BCUT2D eigenvalue weighted by Crippen LogP contribution is 2.30. The number of hydrogen-bond donors (Lipinski definition) is 1. The zero-order valence-electron chi connectivity index (χ0n) is 14.0. The second-order valence-electron chi connectivity index (χ2n) is 5.85. The molecule has 2 aromatic rings. The quantitative estimate of drug-likeness (QED) is 0.919. The maximum atomic E-state index is 5.61. The zero-order valence-corrected chi connectivity index (χ0v) is 14.0. The molecule has 3 rings (SSSR count). The van der Waals surface area contributed by atoms with Crippen LogP contribution in [-0.2, 0) is 6.54 Å². The molecule has 0 bridgehead atoms. The van der Waals surface area contributed by atoms with Gasteiger partial charge >= 0.3 is 0 Å². The van der Waals surface area contributed by atoms with E-state index in [1.165, 1.54) is 16.9 Å². The largest absolute Gasteiger partial charge is 0.495 e. The summed E-state index contributed by atoms with van der Waals surface area (Å²) in [5.41, 5.74) is 3.75. The van der Waals surface area contributed by atoms with Crippen LogP contribution in [0.25, 0.3) is 0 Å². The van der Waals surface area contributed by atoms with Gasteiger partial charge in [0.15, 0.2) is 0 Å². The molecule has 4 heteroatoms. The summed E-state index contributed by atoms with van der Waals surface area (Å²) in [6.45, 7) is 4.95. The maximum Gasteiger partial charge on any atom is 0.142 e. The third kappa shape index (κ3) is 3.59. The van der Waals surface area contributed by atoms with Gasteiger partial charge in [-0.05, 0) is 36.9 Å². The molecule has 0 atom stereocenters. The number of ether oxygens (including phenoxy) is 1. The summed E-state index contributed by atoms with van der Waals surface area (Å²) in [5.74, 6) is 0.964. The number of hydrogen-bond acceptors (Lipinski definition) is 4. The Hall–Kier alpha value is -2.20. The Morgan fingerprint density at radius 2 is 1.65 bits per heavy atom. The molecule has 1 saturated heterocycles. The Bertz CT molecular complexity index is 622. The number of nitrogens with one attached hydrogen (secondary N) is 1.